The second-order valence-electron chi connectivity index (χ2n) is 6.04. The molecule has 3 unspecified atom stereocenters. The summed E-state index contributed by atoms with van der Waals surface area (Å²) in [4.78, 5) is 12.4. The summed E-state index contributed by atoms with van der Waals surface area (Å²) in [6, 6.07) is 0.405. The number of carbonyl (C=O) groups is 1. The summed E-state index contributed by atoms with van der Waals surface area (Å²) in [6.07, 6.45) is 9.19. The van der Waals surface area contributed by atoms with Gasteiger partial charge < -0.3 is 10.6 Å². The lowest BCUT2D eigenvalue weighted by atomic mass is 9.81. The fourth-order valence-electron chi connectivity index (χ4n) is 3.10. The lowest BCUT2D eigenvalue weighted by Gasteiger charge is -2.36. The molecule has 2 N–H and O–H groups in total. The second-order valence-corrected chi connectivity index (χ2v) is 7.17. The van der Waals surface area contributed by atoms with Gasteiger partial charge in [0.25, 0.3) is 0 Å². The first-order valence-corrected chi connectivity index (χ1v) is 8.47. The molecule has 0 aromatic carbocycles. The van der Waals surface area contributed by atoms with Gasteiger partial charge in [0.2, 0.25) is 5.91 Å². The van der Waals surface area contributed by atoms with Crippen molar-refractivity contribution in [1.82, 2.24) is 10.6 Å². The van der Waals surface area contributed by atoms with Crippen molar-refractivity contribution < 1.29 is 4.79 Å². The summed E-state index contributed by atoms with van der Waals surface area (Å²) < 4.78 is 0. The van der Waals surface area contributed by atoms with Crippen LogP contribution in [0.15, 0.2) is 0 Å². The molecule has 1 amide bonds. The molecule has 0 bridgehead atoms. The van der Waals surface area contributed by atoms with E-state index in [0.717, 1.165) is 44.0 Å². The third-order valence-electron chi connectivity index (χ3n) is 4.44. The standard InChI is InChI=1S/C14H26N2OS/c1-14(7-4-8-15-10-14)13(17)16-11-5-3-6-12(9-11)18-2/h11-12,15H,3-10H2,1-2H3,(H,16,17). The molecule has 1 aliphatic carbocycles. The maximum atomic E-state index is 12.4. The van der Waals surface area contributed by atoms with Crippen molar-refractivity contribution in [2.45, 2.75) is 56.7 Å². The zero-order valence-corrected chi connectivity index (χ0v) is 12.4. The van der Waals surface area contributed by atoms with E-state index in [0.29, 0.717) is 6.04 Å². The first kappa shape index (κ1) is 14.2. The number of piperidine rings is 1. The quantitative estimate of drug-likeness (QED) is 0.826. The fraction of sp³-hybridized carbons (Fsp3) is 0.929. The summed E-state index contributed by atoms with van der Waals surface area (Å²) in [7, 11) is 0. The van der Waals surface area contributed by atoms with E-state index in [1.807, 2.05) is 11.8 Å². The molecule has 1 aliphatic heterocycles. The predicted molar refractivity (Wildman–Crippen MR) is 77.9 cm³/mol. The number of nitrogens with one attached hydrogen (secondary N) is 2. The molecule has 104 valence electrons. The van der Waals surface area contributed by atoms with Crippen LogP contribution in [0.3, 0.4) is 0 Å². The van der Waals surface area contributed by atoms with Crippen LogP contribution in [0.4, 0.5) is 0 Å². The first-order chi connectivity index (χ1) is 8.64. The Kier molecular flexibility index (Phi) is 4.96. The lowest BCUT2D eigenvalue weighted by Crippen LogP contribution is -2.52. The highest BCUT2D eigenvalue weighted by Crippen LogP contribution is 2.29. The van der Waals surface area contributed by atoms with Crippen LogP contribution < -0.4 is 10.6 Å². The van der Waals surface area contributed by atoms with E-state index in [4.69, 9.17) is 0 Å². The Balaban J connectivity index is 1.86. The Morgan fingerprint density at radius 1 is 1.39 bits per heavy atom. The first-order valence-electron chi connectivity index (χ1n) is 7.18. The average molecular weight is 270 g/mol. The zero-order valence-electron chi connectivity index (χ0n) is 11.6. The van der Waals surface area contributed by atoms with Crippen molar-refractivity contribution in [3.63, 3.8) is 0 Å². The average Bonchev–Trinajstić information content (AvgIpc) is 2.40. The fourth-order valence-corrected chi connectivity index (χ4v) is 3.93. The van der Waals surface area contributed by atoms with Gasteiger partial charge in [-0.3, -0.25) is 4.79 Å². The van der Waals surface area contributed by atoms with Crippen molar-refractivity contribution in [2.24, 2.45) is 5.41 Å². The van der Waals surface area contributed by atoms with E-state index in [9.17, 15) is 4.79 Å². The molecule has 3 nitrogen and oxygen atoms in total. The third kappa shape index (κ3) is 3.41. The molecule has 4 heteroatoms. The number of carbonyl (C=O) groups excluding carboxylic acids is 1. The maximum Gasteiger partial charge on any atom is 0.227 e. The van der Waals surface area contributed by atoms with Gasteiger partial charge in [-0.1, -0.05) is 6.42 Å². The molecular weight excluding hydrogens is 244 g/mol. The summed E-state index contributed by atoms with van der Waals surface area (Å²) in [5.74, 6) is 0.265. The van der Waals surface area contributed by atoms with Crippen LogP contribution in [0.1, 0.15) is 45.4 Å². The van der Waals surface area contributed by atoms with Gasteiger partial charge in [0.15, 0.2) is 0 Å². The van der Waals surface area contributed by atoms with Crippen molar-refractivity contribution >= 4 is 17.7 Å². The van der Waals surface area contributed by atoms with E-state index >= 15 is 0 Å². The minimum absolute atomic E-state index is 0.190. The van der Waals surface area contributed by atoms with Gasteiger partial charge in [-0.05, 0) is 51.8 Å². The van der Waals surface area contributed by atoms with E-state index in [1.165, 1.54) is 12.8 Å². The van der Waals surface area contributed by atoms with Crippen LogP contribution in [-0.2, 0) is 4.79 Å². The molecular formula is C14H26N2OS. The largest absolute Gasteiger partial charge is 0.353 e. The predicted octanol–water partition coefficient (Wildman–Crippen LogP) is 2.17. The van der Waals surface area contributed by atoms with Crippen molar-refractivity contribution in [1.29, 1.82) is 0 Å². The van der Waals surface area contributed by atoms with Crippen LogP contribution in [0.25, 0.3) is 0 Å². The van der Waals surface area contributed by atoms with Crippen LogP contribution in [0, 0.1) is 5.41 Å². The molecule has 0 aromatic rings. The Morgan fingerprint density at radius 3 is 2.89 bits per heavy atom. The van der Waals surface area contributed by atoms with Gasteiger partial charge in [0.1, 0.15) is 0 Å². The molecule has 0 aromatic heterocycles. The molecule has 0 radical (unpaired) electrons. The molecule has 2 fully saturated rings. The van der Waals surface area contributed by atoms with Gasteiger partial charge in [0, 0.05) is 17.8 Å². The van der Waals surface area contributed by atoms with Gasteiger partial charge in [0.05, 0.1) is 5.41 Å². The number of amides is 1. The monoisotopic (exact) mass is 270 g/mol. The van der Waals surface area contributed by atoms with Crippen LogP contribution in [-0.4, -0.2) is 36.5 Å². The Labute approximate surface area is 115 Å². The number of hydrogen-bond donors (Lipinski definition) is 2. The van der Waals surface area contributed by atoms with Crippen molar-refractivity contribution in [3.05, 3.63) is 0 Å². The van der Waals surface area contributed by atoms with Crippen LogP contribution in [0.2, 0.25) is 0 Å². The Hall–Kier alpha value is -0.220. The van der Waals surface area contributed by atoms with E-state index in [-0.39, 0.29) is 11.3 Å². The highest BCUT2D eigenvalue weighted by atomic mass is 32.2. The van der Waals surface area contributed by atoms with Gasteiger partial charge in [-0.2, -0.15) is 11.8 Å². The highest BCUT2D eigenvalue weighted by molar-refractivity contribution is 7.99. The SMILES string of the molecule is CSC1CCCC(NC(=O)C2(C)CCCNC2)C1. The highest BCUT2D eigenvalue weighted by Gasteiger charge is 2.36. The maximum absolute atomic E-state index is 12.4. The van der Waals surface area contributed by atoms with E-state index in [1.54, 1.807) is 0 Å². The van der Waals surface area contributed by atoms with Crippen molar-refractivity contribution in [3.8, 4) is 0 Å². The van der Waals surface area contributed by atoms with Gasteiger partial charge >= 0.3 is 0 Å². The Morgan fingerprint density at radius 2 is 2.22 bits per heavy atom. The molecule has 3 atom stereocenters. The van der Waals surface area contributed by atoms with E-state index in [2.05, 4.69) is 23.8 Å². The normalized spacial score (nSPS) is 37.2. The second kappa shape index (κ2) is 6.29. The minimum atomic E-state index is -0.190. The van der Waals surface area contributed by atoms with Crippen LogP contribution >= 0.6 is 11.8 Å². The zero-order chi connectivity index (χ0) is 13.0. The summed E-state index contributed by atoms with van der Waals surface area (Å²) in [5, 5.41) is 7.39. The van der Waals surface area contributed by atoms with Crippen molar-refractivity contribution in [2.75, 3.05) is 19.3 Å². The molecule has 18 heavy (non-hydrogen) atoms. The number of rotatable bonds is 3. The third-order valence-corrected chi connectivity index (χ3v) is 5.53. The molecule has 2 aliphatic rings. The number of thioether (sulfide) groups is 1. The van der Waals surface area contributed by atoms with Gasteiger partial charge in [-0.25, -0.2) is 0 Å². The Bertz CT molecular complexity index is 290. The smallest absolute Gasteiger partial charge is 0.227 e. The lowest BCUT2D eigenvalue weighted by molar-refractivity contribution is -0.132. The molecule has 0 spiro atoms. The summed E-state index contributed by atoms with van der Waals surface area (Å²) >= 11 is 1.95. The topological polar surface area (TPSA) is 41.1 Å². The summed E-state index contributed by atoms with van der Waals surface area (Å²) in [6.45, 7) is 3.99. The molecule has 1 saturated carbocycles. The van der Waals surface area contributed by atoms with Crippen LogP contribution in [0.5, 0.6) is 0 Å². The molecule has 1 saturated heterocycles. The minimum Gasteiger partial charge on any atom is -0.353 e. The van der Waals surface area contributed by atoms with Gasteiger partial charge in [-0.15, -0.1) is 0 Å². The van der Waals surface area contributed by atoms with E-state index < -0.39 is 0 Å². The molecule has 2 rings (SSSR count). The number of hydrogen-bond acceptors (Lipinski definition) is 3. The molecule has 1 heterocycles. The summed E-state index contributed by atoms with van der Waals surface area (Å²) in [5.41, 5.74) is -0.190.